The summed E-state index contributed by atoms with van der Waals surface area (Å²) in [5.41, 5.74) is 2.85. The van der Waals surface area contributed by atoms with Crippen molar-refractivity contribution in [1.82, 2.24) is 5.32 Å². The number of anilines is 1. The number of hydrogen-bond donors (Lipinski definition) is 2. The molecule has 3 amide bonds. The maximum Gasteiger partial charge on any atom is 0.338 e. The van der Waals surface area contributed by atoms with Gasteiger partial charge in [-0.2, -0.15) is 0 Å². The fourth-order valence-electron chi connectivity index (χ4n) is 2.10. The second-order valence-electron chi connectivity index (χ2n) is 5.41. The second kappa shape index (κ2) is 8.43. The van der Waals surface area contributed by atoms with Crippen LogP contribution in [0.1, 0.15) is 21.5 Å². The summed E-state index contributed by atoms with van der Waals surface area (Å²) in [7, 11) is 0. The number of carbonyl (C=O) groups excluding carboxylic acids is 3. The van der Waals surface area contributed by atoms with Gasteiger partial charge in [0.2, 0.25) is 0 Å². The lowest BCUT2D eigenvalue weighted by atomic mass is 10.1. The van der Waals surface area contributed by atoms with Crippen molar-refractivity contribution in [1.29, 1.82) is 0 Å². The summed E-state index contributed by atoms with van der Waals surface area (Å²) in [5, 5.41) is 4.69. The normalized spacial score (nSPS) is 10.0. The molecular formula is C18H17BrN2O4. The highest BCUT2D eigenvalue weighted by molar-refractivity contribution is 9.10. The zero-order valence-corrected chi connectivity index (χ0v) is 15.3. The predicted octanol–water partition coefficient (Wildman–Crippen LogP) is 3.57. The lowest BCUT2D eigenvalue weighted by Gasteiger charge is -2.10. The first kappa shape index (κ1) is 18.7. The van der Waals surface area contributed by atoms with Gasteiger partial charge in [-0.1, -0.05) is 39.7 Å². The molecule has 0 aliphatic carbocycles. The van der Waals surface area contributed by atoms with Gasteiger partial charge in [-0.3, -0.25) is 10.1 Å². The molecule has 0 radical (unpaired) electrons. The van der Waals surface area contributed by atoms with Crippen LogP contribution in [0.5, 0.6) is 0 Å². The predicted molar refractivity (Wildman–Crippen MR) is 97.5 cm³/mol. The van der Waals surface area contributed by atoms with Crippen molar-refractivity contribution in [2.24, 2.45) is 0 Å². The minimum Gasteiger partial charge on any atom is -0.452 e. The standard InChI is InChI=1S/C18H17BrN2O4/c1-11-6-7-15(12(2)8-11)20-18(24)21-16(22)10-25-17(23)13-4-3-5-14(19)9-13/h3-9H,10H2,1-2H3,(H2,20,21,22,24). The van der Waals surface area contributed by atoms with E-state index in [4.69, 9.17) is 4.74 Å². The van der Waals surface area contributed by atoms with Crippen LogP contribution in [-0.2, 0) is 9.53 Å². The Morgan fingerprint density at radius 1 is 1.08 bits per heavy atom. The van der Waals surface area contributed by atoms with Crippen molar-refractivity contribution >= 4 is 39.5 Å². The topological polar surface area (TPSA) is 84.5 Å². The van der Waals surface area contributed by atoms with Gasteiger partial charge in [-0.25, -0.2) is 9.59 Å². The third kappa shape index (κ3) is 5.72. The van der Waals surface area contributed by atoms with E-state index in [-0.39, 0.29) is 0 Å². The number of ether oxygens (including phenoxy) is 1. The fourth-order valence-corrected chi connectivity index (χ4v) is 2.50. The van der Waals surface area contributed by atoms with Crippen molar-refractivity contribution in [3.05, 3.63) is 63.6 Å². The second-order valence-corrected chi connectivity index (χ2v) is 6.32. The first-order valence-electron chi connectivity index (χ1n) is 7.46. The first-order valence-corrected chi connectivity index (χ1v) is 8.25. The summed E-state index contributed by atoms with van der Waals surface area (Å²) in [6.45, 7) is 3.25. The molecule has 0 unspecified atom stereocenters. The molecule has 2 aromatic rings. The Balaban J connectivity index is 1.83. The molecule has 130 valence electrons. The summed E-state index contributed by atoms with van der Waals surface area (Å²) in [6.07, 6.45) is 0. The molecule has 6 nitrogen and oxygen atoms in total. The molecule has 25 heavy (non-hydrogen) atoms. The van der Waals surface area contributed by atoms with Gasteiger partial charge in [0.25, 0.3) is 5.91 Å². The Labute approximate surface area is 153 Å². The number of hydrogen-bond acceptors (Lipinski definition) is 4. The first-order chi connectivity index (χ1) is 11.8. The number of nitrogens with one attached hydrogen (secondary N) is 2. The number of esters is 1. The van der Waals surface area contributed by atoms with Crippen molar-refractivity contribution in [3.8, 4) is 0 Å². The van der Waals surface area contributed by atoms with Crippen LogP contribution in [0.4, 0.5) is 10.5 Å². The average molecular weight is 405 g/mol. The number of benzene rings is 2. The molecule has 0 aromatic heterocycles. The number of aryl methyl sites for hydroxylation is 2. The summed E-state index contributed by atoms with van der Waals surface area (Å²) < 4.78 is 5.61. The van der Waals surface area contributed by atoms with Gasteiger partial charge in [0.15, 0.2) is 6.61 Å². The molecule has 0 saturated carbocycles. The van der Waals surface area contributed by atoms with Gasteiger partial charge < -0.3 is 10.1 Å². The Bertz CT molecular complexity index is 820. The van der Waals surface area contributed by atoms with Gasteiger partial charge in [0.05, 0.1) is 5.56 Å². The highest BCUT2D eigenvalue weighted by Crippen LogP contribution is 2.15. The molecule has 7 heteroatoms. The highest BCUT2D eigenvalue weighted by Gasteiger charge is 2.13. The number of rotatable bonds is 4. The molecule has 0 aliphatic rings. The minimum absolute atomic E-state index is 0.307. The van der Waals surface area contributed by atoms with Crippen LogP contribution in [0.3, 0.4) is 0 Å². The molecule has 0 heterocycles. The van der Waals surface area contributed by atoms with E-state index in [1.807, 2.05) is 26.0 Å². The largest absolute Gasteiger partial charge is 0.452 e. The molecule has 0 bridgehead atoms. The van der Waals surface area contributed by atoms with Crippen LogP contribution in [0.25, 0.3) is 0 Å². The molecule has 0 spiro atoms. The lowest BCUT2D eigenvalue weighted by Crippen LogP contribution is -2.37. The maximum absolute atomic E-state index is 11.8. The van der Waals surface area contributed by atoms with Gasteiger partial charge in [-0.15, -0.1) is 0 Å². The van der Waals surface area contributed by atoms with E-state index in [1.54, 1.807) is 30.3 Å². The van der Waals surface area contributed by atoms with Crippen molar-refractivity contribution < 1.29 is 19.1 Å². The van der Waals surface area contributed by atoms with Crippen molar-refractivity contribution in [2.75, 3.05) is 11.9 Å². The van der Waals surface area contributed by atoms with Gasteiger partial charge in [0.1, 0.15) is 0 Å². The molecule has 2 aromatic carbocycles. The number of carbonyl (C=O) groups is 3. The van der Waals surface area contributed by atoms with E-state index < -0.39 is 24.5 Å². The summed E-state index contributed by atoms with van der Waals surface area (Å²) in [5.74, 6) is -1.36. The minimum atomic E-state index is -0.717. The fraction of sp³-hybridized carbons (Fsp3) is 0.167. The van der Waals surface area contributed by atoms with E-state index in [9.17, 15) is 14.4 Å². The molecule has 0 saturated heterocycles. The van der Waals surface area contributed by atoms with E-state index in [1.165, 1.54) is 0 Å². The van der Waals surface area contributed by atoms with E-state index in [0.29, 0.717) is 11.3 Å². The van der Waals surface area contributed by atoms with Crippen LogP contribution in [0.2, 0.25) is 0 Å². The molecular weight excluding hydrogens is 388 g/mol. The van der Waals surface area contributed by atoms with Gasteiger partial charge in [-0.05, 0) is 43.7 Å². The molecule has 2 N–H and O–H groups in total. The lowest BCUT2D eigenvalue weighted by molar-refractivity contribution is -0.123. The molecule has 0 atom stereocenters. The maximum atomic E-state index is 11.8. The third-order valence-electron chi connectivity index (χ3n) is 3.28. The number of halogens is 1. The van der Waals surface area contributed by atoms with Crippen LogP contribution < -0.4 is 10.6 Å². The SMILES string of the molecule is Cc1ccc(NC(=O)NC(=O)COC(=O)c2cccc(Br)c2)c(C)c1. The zero-order valence-electron chi connectivity index (χ0n) is 13.8. The van der Waals surface area contributed by atoms with Crippen LogP contribution in [-0.4, -0.2) is 24.5 Å². The van der Waals surface area contributed by atoms with Crippen molar-refractivity contribution in [3.63, 3.8) is 0 Å². The smallest absolute Gasteiger partial charge is 0.338 e. The quantitative estimate of drug-likeness (QED) is 0.762. The van der Waals surface area contributed by atoms with E-state index in [2.05, 4.69) is 26.6 Å². The van der Waals surface area contributed by atoms with Crippen LogP contribution in [0.15, 0.2) is 46.9 Å². The average Bonchev–Trinajstić information content (AvgIpc) is 2.55. The molecule has 0 aliphatic heterocycles. The van der Waals surface area contributed by atoms with Crippen molar-refractivity contribution in [2.45, 2.75) is 13.8 Å². The molecule has 0 fully saturated rings. The van der Waals surface area contributed by atoms with E-state index >= 15 is 0 Å². The molecule has 2 rings (SSSR count). The Hall–Kier alpha value is -2.67. The van der Waals surface area contributed by atoms with Gasteiger partial charge in [0, 0.05) is 10.2 Å². The Morgan fingerprint density at radius 2 is 1.84 bits per heavy atom. The highest BCUT2D eigenvalue weighted by atomic mass is 79.9. The van der Waals surface area contributed by atoms with E-state index in [0.717, 1.165) is 15.6 Å². The van der Waals surface area contributed by atoms with Crippen LogP contribution in [0, 0.1) is 13.8 Å². The zero-order chi connectivity index (χ0) is 18.4. The summed E-state index contributed by atoms with van der Waals surface area (Å²) >= 11 is 3.24. The third-order valence-corrected chi connectivity index (χ3v) is 3.77. The van der Waals surface area contributed by atoms with Crippen LogP contribution >= 0.6 is 15.9 Å². The monoisotopic (exact) mass is 404 g/mol. The summed E-state index contributed by atoms with van der Waals surface area (Å²) in [6, 6.07) is 11.4. The number of imide groups is 1. The number of urea groups is 1. The van der Waals surface area contributed by atoms with Gasteiger partial charge >= 0.3 is 12.0 Å². The summed E-state index contributed by atoms with van der Waals surface area (Å²) in [4.78, 5) is 35.4. The Morgan fingerprint density at radius 3 is 2.52 bits per heavy atom. The number of amides is 3. The Kier molecular flexibility index (Phi) is 6.30.